The van der Waals surface area contributed by atoms with Crippen molar-refractivity contribution >= 4 is 26.5 Å². The van der Waals surface area contributed by atoms with E-state index in [1.54, 1.807) is 25.1 Å². The van der Waals surface area contributed by atoms with Gasteiger partial charge in [-0.2, -0.15) is 0 Å². The fourth-order valence-corrected chi connectivity index (χ4v) is 3.63. The highest BCUT2D eigenvalue weighted by atomic mass is 32.2. The molecule has 0 amide bonds. The topological polar surface area (TPSA) is 81.4 Å². The van der Waals surface area contributed by atoms with Crippen LogP contribution >= 0.6 is 0 Å². The van der Waals surface area contributed by atoms with Crippen molar-refractivity contribution in [3.05, 3.63) is 36.4 Å². The molecule has 3 N–H and O–H groups in total. The van der Waals surface area contributed by atoms with Crippen LogP contribution in [0.5, 0.6) is 0 Å². The summed E-state index contributed by atoms with van der Waals surface area (Å²) in [6, 6.07) is 10.1. The second kappa shape index (κ2) is 6.43. The molecule has 2 rings (SSSR count). The molecule has 0 aliphatic rings. The van der Waals surface area contributed by atoms with Gasteiger partial charge in [0.05, 0.1) is 11.5 Å². The first-order valence-corrected chi connectivity index (χ1v) is 8.31. The second-order valence-electron chi connectivity index (χ2n) is 4.88. The number of rotatable bonds is 6. The molecule has 0 spiro atoms. The van der Waals surface area contributed by atoms with Crippen LogP contribution in [0.25, 0.3) is 10.8 Å². The van der Waals surface area contributed by atoms with E-state index < -0.39 is 10.0 Å². The molecule has 1 atom stereocenters. The van der Waals surface area contributed by atoms with Gasteiger partial charge in [0.15, 0.2) is 0 Å². The number of ether oxygens (including phenoxy) is 1. The zero-order chi connectivity index (χ0) is 15.5. The molecule has 0 radical (unpaired) electrons. The second-order valence-corrected chi connectivity index (χ2v) is 6.56. The average Bonchev–Trinajstić information content (AvgIpc) is 2.45. The Hall–Kier alpha value is -1.63. The van der Waals surface area contributed by atoms with E-state index in [0.717, 1.165) is 5.39 Å². The Balaban J connectivity index is 2.39. The number of fused-ring (bicyclic) bond motifs is 1. The Morgan fingerprint density at radius 3 is 2.52 bits per heavy atom. The molecule has 5 nitrogen and oxygen atoms in total. The van der Waals surface area contributed by atoms with Crippen LogP contribution in [0, 0.1) is 0 Å². The Labute approximate surface area is 125 Å². The number of hydrogen-bond acceptors (Lipinski definition) is 4. The van der Waals surface area contributed by atoms with Gasteiger partial charge in [-0.05, 0) is 26.0 Å². The number of hydrogen-bond donors (Lipinski definition) is 2. The molecule has 6 heteroatoms. The maximum Gasteiger partial charge on any atom is 0.241 e. The molecule has 21 heavy (non-hydrogen) atoms. The van der Waals surface area contributed by atoms with Crippen LogP contribution in [0.1, 0.15) is 13.8 Å². The van der Waals surface area contributed by atoms with Crippen LogP contribution in [0.3, 0.4) is 0 Å². The van der Waals surface area contributed by atoms with Gasteiger partial charge in [0.1, 0.15) is 0 Å². The van der Waals surface area contributed by atoms with Gasteiger partial charge >= 0.3 is 0 Å². The van der Waals surface area contributed by atoms with Gasteiger partial charge in [-0.25, -0.2) is 13.1 Å². The summed E-state index contributed by atoms with van der Waals surface area (Å²) in [5.74, 6) is 0. The van der Waals surface area contributed by atoms with E-state index >= 15 is 0 Å². The van der Waals surface area contributed by atoms with E-state index in [1.807, 2.05) is 19.1 Å². The van der Waals surface area contributed by atoms with Crippen LogP contribution < -0.4 is 10.5 Å². The van der Waals surface area contributed by atoms with Crippen molar-refractivity contribution in [1.82, 2.24) is 4.72 Å². The fraction of sp³-hybridized carbons (Fsp3) is 0.333. The Morgan fingerprint density at radius 1 is 1.19 bits per heavy atom. The maximum absolute atomic E-state index is 12.5. The fourth-order valence-electron chi connectivity index (χ4n) is 2.19. The minimum atomic E-state index is -3.62. The first kappa shape index (κ1) is 15.8. The zero-order valence-electron chi connectivity index (χ0n) is 12.2. The van der Waals surface area contributed by atoms with Crippen molar-refractivity contribution in [2.24, 2.45) is 0 Å². The SMILES string of the molecule is CCOCC(C)NS(=O)(=O)c1ccc(N)c2ccccc12. The van der Waals surface area contributed by atoms with Gasteiger partial charge in [0.25, 0.3) is 0 Å². The lowest BCUT2D eigenvalue weighted by Crippen LogP contribution is -2.36. The molecule has 0 bridgehead atoms. The molecule has 0 aliphatic heterocycles. The molecule has 2 aromatic carbocycles. The molecule has 2 aromatic rings. The Morgan fingerprint density at radius 2 is 1.86 bits per heavy atom. The smallest absolute Gasteiger partial charge is 0.241 e. The summed E-state index contributed by atoms with van der Waals surface area (Å²) in [7, 11) is -3.62. The normalized spacial score (nSPS) is 13.4. The quantitative estimate of drug-likeness (QED) is 0.801. The van der Waals surface area contributed by atoms with E-state index in [-0.39, 0.29) is 10.9 Å². The van der Waals surface area contributed by atoms with Gasteiger partial charge < -0.3 is 10.5 Å². The largest absolute Gasteiger partial charge is 0.398 e. The number of sulfonamides is 1. The predicted molar refractivity (Wildman–Crippen MR) is 84.6 cm³/mol. The predicted octanol–water partition coefficient (Wildman–Crippen LogP) is 2.13. The molecule has 0 saturated heterocycles. The minimum absolute atomic E-state index is 0.232. The van der Waals surface area contributed by atoms with Crippen LogP contribution in [-0.2, 0) is 14.8 Å². The first-order chi connectivity index (χ1) is 9.95. The van der Waals surface area contributed by atoms with Crippen molar-refractivity contribution in [2.75, 3.05) is 18.9 Å². The van der Waals surface area contributed by atoms with Gasteiger partial charge in [-0.15, -0.1) is 0 Å². The lowest BCUT2D eigenvalue weighted by Gasteiger charge is -2.15. The number of nitrogens with two attached hydrogens (primary N) is 1. The summed E-state index contributed by atoms with van der Waals surface area (Å²) in [5, 5.41) is 1.35. The van der Waals surface area contributed by atoms with Crippen LogP contribution in [-0.4, -0.2) is 27.7 Å². The van der Waals surface area contributed by atoms with E-state index in [4.69, 9.17) is 10.5 Å². The first-order valence-electron chi connectivity index (χ1n) is 6.83. The number of nitrogen functional groups attached to an aromatic ring is 1. The van der Waals surface area contributed by atoms with Crippen LogP contribution in [0.2, 0.25) is 0 Å². The monoisotopic (exact) mass is 308 g/mol. The summed E-state index contributed by atoms with van der Waals surface area (Å²) >= 11 is 0. The van der Waals surface area contributed by atoms with Crippen molar-refractivity contribution < 1.29 is 13.2 Å². The Kier molecular flexibility index (Phi) is 4.82. The number of nitrogens with one attached hydrogen (secondary N) is 1. The summed E-state index contributed by atoms with van der Waals surface area (Å²) in [5.41, 5.74) is 6.46. The highest BCUT2D eigenvalue weighted by Crippen LogP contribution is 2.27. The van der Waals surface area contributed by atoms with Gasteiger partial charge in [0.2, 0.25) is 10.0 Å². The van der Waals surface area contributed by atoms with Gasteiger partial charge in [-0.1, -0.05) is 24.3 Å². The standard InChI is InChI=1S/C15H20N2O3S/c1-3-20-10-11(2)17-21(18,19)15-9-8-14(16)12-6-4-5-7-13(12)15/h4-9,11,17H,3,10,16H2,1-2H3. The highest BCUT2D eigenvalue weighted by Gasteiger charge is 2.20. The molecule has 0 fully saturated rings. The third kappa shape index (κ3) is 3.53. The van der Waals surface area contributed by atoms with E-state index in [1.165, 1.54) is 6.07 Å². The molecule has 0 aromatic heterocycles. The van der Waals surface area contributed by atoms with Crippen LogP contribution in [0.4, 0.5) is 5.69 Å². The van der Waals surface area contributed by atoms with Crippen molar-refractivity contribution in [1.29, 1.82) is 0 Å². The molecule has 0 aliphatic carbocycles. The summed E-state index contributed by atoms with van der Waals surface area (Å²) in [6.45, 7) is 4.53. The third-order valence-electron chi connectivity index (χ3n) is 3.14. The average molecular weight is 308 g/mol. The lowest BCUT2D eigenvalue weighted by molar-refractivity contribution is 0.133. The molecular weight excluding hydrogens is 288 g/mol. The van der Waals surface area contributed by atoms with Crippen molar-refractivity contribution in [2.45, 2.75) is 24.8 Å². The minimum Gasteiger partial charge on any atom is -0.398 e. The summed E-state index contributed by atoms with van der Waals surface area (Å²) in [4.78, 5) is 0.232. The molecule has 114 valence electrons. The Bertz CT molecular complexity index is 729. The summed E-state index contributed by atoms with van der Waals surface area (Å²) in [6.07, 6.45) is 0. The van der Waals surface area contributed by atoms with Gasteiger partial charge in [0, 0.05) is 29.1 Å². The van der Waals surface area contributed by atoms with Crippen molar-refractivity contribution in [3.8, 4) is 0 Å². The van der Waals surface area contributed by atoms with Crippen molar-refractivity contribution in [3.63, 3.8) is 0 Å². The molecule has 1 unspecified atom stereocenters. The van der Waals surface area contributed by atoms with E-state index in [9.17, 15) is 8.42 Å². The number of benzene rings is 2. The van der Waals surface area contributed by atoms with E-state index in [2.05, 4.69) is 4.72 Å². The molecule has 0 saturated carbocycles. The molecular formula is C15H20N2O3S. The maximum atomic E-state index is 12.5. The van der Waals surface area contributed by atoms with Gasteiger partial charge in [-0.3, -0.25) is 0 Å². The lowest BCUT2D eigenvalue weighted by atomic mass is 10.1. The molecule has 0 heterocycles. The number of anilines is 1. The third-order valence-corrected chi connectivity index (χ3v) is 4.78. The highest BCUT2D eigenvalue weighted by molar-refractivity contribution is 7.89. The summed E-state index contributed by atoms with van der Waals surface area (Å²) < 4.78 is 32.9. The van der Waals surface area contributed by atoms with E-state index in [0.29, 0.717) is 24.3 Å². The van der Waals surface area contributed by atoms with Crippen LogP contribution in [0.15, 0.2) is 41.3 Å². The zero-order valence-corrected chi connectivity index (χ0v) is 13.0.